The number of nitrogens with zero attached hydrogens (tertiary/aromatic N) is 2. The highest BCUT2D eigenvalue weighted by molar-refractivity contribution is 5.67. The van der Waals surface area contributed by atoms with Crippen molar-refractivity contribution in [2.24, 2.45) is 7.05 Å². The van der Waals surface area contributed by atoms with Crippen molar-refractivity contribution in [1.29, 1.82) is 0 Å². The Hall–Kier alpha value is -2.10. The standard InChI is InChI=1S/C14H16N2O2/c1-10-3-5-11(6-4-10)12-9-16(2)13(15-12)7-8-14(17)18/h3-6,9H,7-8H2,1-2H3,(H,17,18). The molecular weight excluding hydrogens is 228 g/mol. The van der Waals surface area contributed by atoms with E-state index in [9.17, 15) is 4.79 Å². The van der Waals surface area contributed by atoms with Crippen LogP contribution >= 0.6 is 0 Å². The lowest BCUT2D eigenvalue weighted by Gasteiger charge is -1.97. The average Bonchev–Trinajstić information content (AvgIpc) is 2.69. The molecule has 1 aromatic heterocycles. The van der Waals surface area contributed by atoms with E-state index in [1.807, 2.05) is 49.0 Å². The number of carboxylic acid groups (broad SMARTS) is 1. The van der Waals surface area contributed by atoms with Crippen LogP contribution in [0.15, 0.2) is 30.5 Å². The normalized spacial score (nSPS) is 10.6. The second-order valence-corrected chi connectivity index (χ2v) is 4.41. The molecular formula is C14H16N2O2. The quantitative estimate of drug-likeness (QED) is 0.898. The summed E-state index contributed by atoms with van der Waals surface area (Å²) >= 11 is 0. The van der Waals surface area contributed by atoms with Crippen LogP contribution in [0.4, 0.5) is 0 Å². The molecule has 94 valence electrons. The molecule has 0 saturated carbocycles. The Labute approximate surface area is 106 Å². The molecule has 1 heterocycles. The van der Waals surface area contributed by atoms with E-state index in [4.69, 9.17) is 5.11 Å². The molecule has 4 nitrogen and oxygen atoms in total. The smallest absolute Gasteiger partial charge is 0.303 e. The summed E-state index contributed by atoms with van der Waals surface area (Å²) in [5.41, 5.74) is 3.15. The van der Waals surface area contributed by atoms with Crippen LogP contribution in [0, 0.1) is 6.92 Å². The van der Waals surface area contributed by atoms with Crippen LogP contribution in [0.2, 0.25) is 0 Å². The van der Waals surface area contributed by atoms with Crippen LogP contribution in [-0.2, 0) is 18.3 Å². The fourth-order valence-corrected chi connectivity index (χ4v) is 1.82. The second-order valence-electron chi connectivity index (χ2n) is 4.41. The zero-order valence-electron chi connectivity index (χ0n) is 10.6. The number of aryl methyl sites for hydroxylation is 3. The van der Waals surface area contributed by atoms with Crippen molar-refractivity contribution in [2.75, 3.05) is 0 Å². The molecule has 0 bridgehead atoms. The van der Waals surface area contributed by atoms with Crippen LogP contribution in [0.3, 0.4) is 0 Å². The Bertz CT molecular complexity index is 556. The highest BCUT2D eigenvalue weighted by Crippen LogP contribution is 2.19. The van der Waals surface area contributed by atoms with Crippen molar-refractivity contribution in [3.05, 3.63) is 41.9 Å². The van der Waals surface area contributed by atoms with E-state index in [0.717, 1.165) is 17.1 Å². The SMILES string of the molecule is Cc1ccc(-c2cn(C)c(CCC(=O)O)n2)cc1. The summed E-state index contributed by atoms with van der Waals surface area (Å²) in [7, 11) is 1.89. The first kappa shape index (κ1) is 12.4. The lowest BCUT2D eigenvalue weighted by molar-refractivity contribution is -0.137. The third-order valence-corrected chi connectivity index (χ3v) is 2.88. The third kappa shape index (κ3) is 2.77. The first-order chi connectivity index (χ1) is 8.56. The van der Waals surface area contributed by atoms with Gasteiger partial charge in [0.15, 0.2) is 0 Å². The number of hydrogen-bond acceptors (Lipinski definition) is 2. The molecule has 1 aromatic carbocycles. The maximum Gasteiger partial charge on any atom is 0.303 e. The molecule has 2 aromatic rings. The van der Waals surface area contributed by atoms with Gasteiger partial charge in [0, 0.05) is 25.2 Å². The minimum atomic E-state index is -0.796. The van der Waals surface area contributed by atoms with E-state index in [1.165, 1.54) is 5.56 Å². The Morgan fingerprint density at radius 2 is 2.00 bits per heavy atom. The van der Waals surface area contributed by atoms with Gasteiger partial charge in [-0.2, -0.15) is 0 Å². The van der Waals surface area contributed by atoms with Gasteiger partial charge in [-0.25, -0.2) is 4.98 Å². The van der Waals surface area contributed by atoms with Gasteiger partial charge in [-0.15, -0.1) is 0 Å². The molecule has 4 heteroatoms. The molecule has 0 saturated heterocycles. The predicted molar refractivity (Wildman–Crippen MR) is 69.3 cm³/mol. The van der Waals surface area contributed by atoms with Crippen molar-refractivity contribution >= 4 is 5.97 Å². The molecule has 0 spiro atoms. The second kappa shape index (κ2) is 5.04. The highest BCUT2D eigenvalue weighted by Gasteiger charge is 2.08. The summed E-state index contributed by atoms with van der Waals surface area (Å²) in [6.45, 7) is 2.04. The van der Waals surface area contributed by atoms with Gasteiger partial charge in [-0.3, -0.25) is 4.79 Å². The number of hydrogen-bond donors (Lipinski definition) is 1. The summed E-state index contributed by atoms with van der Waals surface area (Å²) in [5.74, 6) is 0.00265. The number of carbonyl (C=O) groups is 1. The van der Waals surface area contributed by atoms with Crippen molar-refractivity contribution in [1.82, 2.24) is 9.55 Å². The molecule has 2 rings (SSSR count). The average molecular weight is 244 g/mol. The summed E-state index contributed by atoms with van der Waals surface area (Å²) in [6, 6.07) is 8.14. The number of rotatable bonds is 4. The van der Waals surface area contributed by atoms with Gasteiger partial charge in [0.05, 0.1) is 12.1 Å². The van der Waals surface area contributed by atoms with E-state index < -0.39 is 5.97 Å². The van der Waals surface area contributed by atoms with E-state index in [1.54, 1.807) is 0 Å². The third-order valence-electron chi connectivity index (χ3n) is 2.88. The Kier molecular flexibility index (Phi) is 3.46. The van der Waals surface area contributed by atoms with Crippen molar-refractivity contribution < 1.29 is 9.90 Å². The number of aromatic nitrogens is 2. The van der Waals surface area contributed by atoms with E-state index in [-0.39, 0.29) is 6.42 Å². The molecule has 0 radical (unpaired) electrons. The lowest BCUT2D eigenvalue weighted by atomic mass is 10.1. The van der Waals surface area contributed by atoms with Crippen molar-refractivity contribution in [2.45, 2.75) is 19.8 Å². The van der Waals surface area contributed by atoms with Crippen molar-refractivity contribution in [3.63, 3.8) is 0 Å². The minimum Gasteiger partial charge on any atom is -0.481 e. The number of benzene rings is 1. The number of imidazole rings is 1. The van der Waals surface area contributed by atoms with Gasteiger partial charge in [0.1, 0.15) is 5.82 Å². The van der Waals surface area contributed by atoms with Gasteiger partial charge >= 0.3 is 5.97 Å². The summed E-state index contributed by atoms with van der Waals surface area (Å²) in [6.07, 6.45) is 2.50. The molecule has 0 aliphatic heterocycles. The van der Waals surface area contributed by atoms with Gasteiger partial charge in [-0.05, 0) is 6.92 Å². The monoisotopic (exact) mass is 244 g/mol. The molecule has 0 amide bonds. The maximum atomic E-state index is 10.6. The fraction of sp³-hybridized carbons (Fsp3) is 0.286. The maximum absolute atomic E-state index is 10.6. The predicted octanol–water partition coefficient (Wildman–Crippen LogP) is 2.41. The zero-order chi connectivity index (χ0) is 13.1. The summed E-state index contributed by atoms with van der Waals surface area (Å²) in [5, 5.41) is 8.68. The van der Waals surface area contributed by atoms with E-state index in [0.29, 0.717) is 6.42 Å². The van der Waals surface area contributed by atoms with Gasteiger partial charge in [-0.1, -0.05) is 29.8 Å². The number of aliphatic carboxylic acids is 1. The van der Waals surface area contributed by atoms with Gasteiger partial charge in [0.2, 0.25) is 0 Å². The van der Waals surface area contributed by atoms with E-state index >= 15 is 0 Å². The zero-order valence-corrected chi connectivity index (χ0v) is 10.6. The Morgan fingerprint density at radius 1 is 1.33 bits per heavy atom. The number of carboxylic acids is 1. The van der Waals surface area contributed by atoms with Crippen molar-refractivity contribution in [3.8, 4) is 11.3 Å². The van der Waals surface area contributed by atoms with Crippen LogP contribution in [0.1, 0.15) is 17.8 Å². The van der Waals surface area contributed by atoms with Crippen LogP contribution in [0.25, 0.3) is 11.3 Å². The largest absolute Gasteiger partial charge is 0.481 e. The molecule has 1 N–H and O–H groups in total. The fourth-order valence-electron chi connectivity index (χ4n) is 1.82. The summed E-state index contributed by atoms with van der Waals surface area (Å²) in [4.78, 5) is 15.0. The van der Waals surface area contributed by atoms with Gasteiger partial charge < -0.3 is 9.67 Å². The van der Waals surface area contributed by atoms with Crippen LogP contribution < -0.4 is 0 Å². The van der Waals surface area contributed by atoms with Gasteiger partial charge in [0.25, 0.3) is 0 Å². The topological polar surface area (TPSA) is 55.1 Å². The Morgan fingerprint density at radius 3 is 2.61 bits per heavy atom. The first-order valence-corrected chi connectivity index (χ1v) is 5.87. The molecule has 18 heavy (non-hydrogen) atoms. The summed E-state index contributed by atoms with van der Waals surface area (Å²) < 4.78 is 1.89. The Balaban J connectivity index is 2.22. The van der Waals surface area contributed by atoms with Crippen LogP contribution in [0.5, 0.6) is 0 Å². The lowest BCUT2D eigenvalue weighted by Crippen LogP contribution is -2.02. The highest BCUT2D eigenvalue weighted by atomic mass is 16.4. The first-order valence-electron chi connectivity index (χ1n) is 5.87. The van der Waals surface area contributed by atoms with E-state index in [2.05, 4.69) is 4.98 Å². The molecule has 0 aliphatic carbocycles. The molecule has 0 fully saturated rings. The molecule has 0 atom stereocenters. The van der Waals surface area contributed by atoms with Crippen LogP contribution in [-0.4, -0.2) is 20.6 Å². The minimum absolute atomic E-state index is 0.109. The molecule has 0 aliphatic rings. The molecule has 0 unspecified atom stereocenters.